The van der Waals surface area contributed by atoms with Crippen molar-refractivity contribution < 1.29 is 19.4 Å². The molecule has 0 aliphatic heterocycles. The summed E-state index contributed by atoms with van der Waals surface area (Å²) >= 11 is 0. The number of aliphatic hydroxyl groups excluding tert-OH is 1. The molecule has 6 nitrogen and oxygen atoms in total. The van der Waals surface area contributed by atoms with Gasteiger partial charge < -0.3 is 19.1 Å². The number of aromatic nitrogens is 2. The summed E-state index contributed by atoms with van der Waals surface area (Å²) < 4.78 is 12.3. The largest absolute Gasteiger partial charge is 0.491 e. The lowest BCUT2D eigenvalue weighted by molar-refractivity contribution is 0.0600. The van der Waals surface area contributed by atoms with Crippen molar-refractivity contribution in [1.82, 2.24) is 9.55 Å². The van der Waals surface area contributed by atoms with E-state index in [0.29, 0.717) is 17.9 Å². The van der Waals surface area contributed by atoms with Crippen LogP contribution in [-0.4, -0.2) is 40.4 Å². The zero-order chi connectivity index (χ0) is 18.5. The van der Waals surface area contributed by atoms with Crippen LogP contribution in [0.4, 0.5) is 0 Å². The second-order valence-corrected chi connectivity index (χ2v) is 5.96. The number of carbonyl (C=O) groups is 1. The maximum absolute atomic E-state index is 11.4. The molecule has 3 rings (SSSR count). The predicted octanol–water partition coefficient (Wildman–Crippen LogP) is 2.83. The van der Waals surface area contributed by atoms with Crippen LogP contribution in [0, 0.1) is 0 Å². The van der Waals surface area contributed by atoms with Crippen LogP contribution in [0.25, 0.3) is 11.0 Å². The Kier molecular flexibility index (Phi) is 5.53. The van der Waals surface area contributed by atoms with Gasteiger partial charge in [0.05, 0.1) is 30.3 Å². The van der Waals surface area contributed by atoms with E-state index < -0.39 is 12.1 Å². The van der Waals surface area contributed by atoms with E-state index in [1.807, 2.05) is 35.8 Å². The number of aryl methyl sites for hydroxylation is 1. The van der Waals surface area contributed by atoms with Gasteiger partial charge in [0.15, 0.2) is 0 Å². The third-order valence-electron chi connectivity index (χ3n) is 4.16. The van der Waals surface area contributed by atoms with Crippen LogP contribution < -0.4 is 4.74 Å². The number of ether oxygens (including phenoxy) is 2. The van der Waals surface area contributed by atoms with E-state index in [2.05, 4.69) is 9.72 Å². The van der Waals surface area contributed by atoms with Crippen molar-refractivity contribution in [2.45, 2.75) is 26.0 Å². The Balaban J connectivity index is 1.64. The number of carbonyl (C=O) groups excluding carboxylic acids is 1. The molecule has 1 aromatic heterocycles. The minimum atomic E-state index is -0.682. The van der Waals surface area contributed by atoms with Crippen LogP contribution >= 0.6 is 0 Å². The Morgan fingerprint density at radius 2 is 1.92 bits per heavy atom. The van der Waals surface area contributed by atoms with Crippen molar-refractivity contribution in [3.05, 3.63) is 59.9 Å². The molecule has 1 N–H and O–H groups in total. The fourth-order valence-electron chi connectivity index (χ4n) is 2.86. The lowest BCUT2D eigenvalue weighted by Gasteiger charge is -2.15. The lowest BCUT2D eigenvalue weighted by atomic mass is 10.2. The molecule has 0 radical (unpaired) electrons. The number of hydrogen-bond acceptors (Lipinski definition) is 5. The Morgan fingerprint density at radius 3 is 2.62 bits per heavy atom. The minimum absolute atomic E-state index is 0.146. The summed E-state index contributed by atoms with van der Waals surface area (Å²) in [6, 6.07) is 14.5. The number of esters is 1. The van der Waals surface area contributed by atoms with Crippen LogP contribution in [-0.2, 0) is 17.7 Å². The Morgan fingerprint density at radius 1 is 1.19 bits per heavy atom. The molecule has 0 spiro atoms. The van der Waals surface area contributed by atoms with Crippen LogP contribution in [0.2, 0.25) is 0 Å². The fraction of sp³-hybridized carbons (Fsp3) is 0.300. The number of aliphatic hydroxyl groups is 1. The minimum Gasteiger partial charge on any atom is -0.491 e. The summed E-state index contributed by atoms with van der Waals surface area (Å²) in [5, 5.41) is 10.4. The van der Waals surface area contributed by atoms with Crippen molar-refractivity contribution in [2.75, 3.05) is 13.7 Å². The quantitative estimate of drug-likeness (QED) is 0.661. The highest BCUT2D eigenvalue weighted by molar-refractivity contribution is 5.89. The van der Waals surface area contributed by atoms with Crippen molar-refractivity contribution in [1.29, 1.82) is 0 Å². The van der Waals surface area contributed by atoms with Gasteiger partial charge in [0.2, 0.25) is 0 Å². The number of nitrogens with zero attached hydrogens (tertiary/aromatic N) is 2. The molecule has 2 aromatic carbocycles. The van der Waals surface area contributed by atoms with Gasteiger partial charge in [0.1, 0.15) is 24.3 Å². The van der Waals surface area contributed by atoms with Crippen LogP contribution in [0.3, 0.4) is 0 Å². The van der Waals surface area contributed by atoms with Gasteiger partial charge in [-0.05, 0) is 36.4 Å². The number of rotatable bonds is 7. The standard InChI is InChI=1S/C20H22N2O4/c1-3-19-21-17-6-4-5-7-18(17)22(19)12-15(23)13-26-16-10-8-14(9-11-16)20(24)25-2/h4-11,15,23H,3,12-13H2,1-2H3/t15-/m1/s1. The zero-order valence-electron chi connectivity index (χ0n) is 14.9. The first-order valence-corrected chi connectivity index (χ1v) is 8.55. The molecule has 3 aromatic rings. The average molecular weight is 354 g/mol. The first-order chi connectivity index (χ1) is 12.6. The molecule has 1 atom stereocenters. The molecule has 0 aliphatic rings. The third kappa shape index (κ3) is 3.86. The van der Waals surface area contributed by atoms with Crippen LogP contribution in [0.15, 0.2) is 48.5 Å². The molecule has 0 unspecified atom stereocenters. The molecule has 0 bridgehead atoms. The molecule has 0 fully saturated rings. The number of hydrogen-bond donors (Lipinski definition) is 1. The normalized spacial score (nSPS) is 12.1. The van der Waals surface area contributed by atoms with E-state index in [4.69, 9.17) is 4.74 Å². The summed E-state index contributed by atoms with van der Waals surface area (Å²) in [6.45, 7) is 2.60. The second kappa shape index (κ2) is 8.01. The predicted molar refractivity (Wildman–Crippen MR) is 98.4 cm³/mol. The first-order valence-electron chi connectivity index (χ1n) is 8.55. The van der Waals surface area contributed by atoms with Crippen LogP contribution in [0.1, 0.15) is 23.1 Å². The highest BCUT2D eigenvalue weighted by Gasteiger charge is 2.14. The molecule has 0 aliphatic carbocycles. The number of fused-ring (bicyclic) bond motifs is 1. The maximum atomic E-state index is 11.4. The first kappa shape index (κ1) is 17.9. The number of para-hydroxylation sites is 2. The van der Waals surface area contributed by atoms with Crippen molar-refractivity contribution >= 4 is 17.0 Å². The molecule has 136 valence electrons. The Hall–Kier alpha value is -2.86. The monoisotopic (exact) mass is 354 g/mol. The lowest BCUT2D eigenvalue weighted by Crippen LogP contribution is -2.24. The van der Waals surface area contributed by atoms with Crippen molar-refractivity contribution in [3.8, 4) is 5.75 Å². The topological polar surface area (TPSA) is 73.6 Å². The Labute approximate surface area is 152 Å². The molecule has 0 amide bonds. The SMILES string of the molecule is CCc1nc2ccccc2n1C[C@@H](O)COc1ccc(C(=O)OC)cc1. The molecular weight excluding hydrogens is 332 g/mol. The smallest absolute Gasteiger partial charge is 0.337 e. The molecule has 0 saturated carbocycles. The second-order valence-electron chi connectivity index (χ2n) is 5.96. The summed E-state index contributed by atoms with van der Waals surface area (Å²) in [5.41, 5.74) is 2.39. The van der Waals surface area contributed by atoms with E-state index in [9.17, 15) is 9.90 Å². The van der Waals surface area contributed by atoms with Gasteiger partial charge >= 0.3 is 5.97 Å². The highest BCUT2D eigenvalue weighted by atomic mass is 16.5. The van der Waals surface area contributed by atoms with E-state index in [0.717, 1.165) is 23.3 Å². The fourth-order valence-corrected chi connectivity index (χ4v) is 2.86. The van der Waals surface area contributed by atoms with Gasteiger partial charge in [0.25, 0.3) is 0 Å². The number of methoxy groups -OCH3 is 1. The molecule has 26 heavy (non-hydrogen) atoms. The average Bonchev–Trinajstić information content (AvgIpc) is 3.04. The highest BCUT2D eigenvalue weighted by Crippen LogP contribution is 2.18. The van der Waals surface area contributed by atoms with Crippen molar-refractivity contribution in [2.24, 2.45) is 0 Å². The van der Waals surface area contributed by atoms with E-state index >= 15 is 0 Å². The van der Waals surface area contributed by atoms with Gasteiger partial charge in [-0.15, -0.1) is 0 Å². The van der Waals surface area contributed by atoms with Gasteiger partial charge in [-0.2, -0.15) is 0 Å². The third-order valence-corrected chi connectivity index (χ3v) is 4.16. The van der Waals surface area contributed by atoms with E-state index in [-0.39, 0.29) is 6.61 Å². The Bertz CT molecular complexity index is 886. The van der Waals surface area contributed by atoms with Crippen LogP contribution in [0.5, 0.6) is 5.75 Å². The van der Waals surface area contributed by atoms with Gasteiger partial charge in [-0.1, -0.05) is 19.1 Å². The summed E-state index contributed by atoms with van der Waals surface area (Å²) in [6.07, 6.45) is 0.107. The molecule has 6 heteroatoms. The molecular formula is C20H22N2O4. The van der Waals surface area contributed by atoms with E-state index in [1.165, 1.54) is 7.11 Å². The van der Waals surface area contributed by atoms with Gasteiger partial charge in [-0.25, -0.2) is 9.78 Å². The summed E-state index contributed by atoms with van der Waals surface area (Å²) in [5.74, 6) is 1.13. The zero-order valence-corrected chi connectivity index (χ0v) is 14.9. The summed E-state index contributed by atoms with van der Waals surface area (Å²) in [7, 11) is 1.34. The van der Waals surface area contributed by atoms with Gasteiger partial charge in [-0.3, -0.25) is 0 Å². The number of imidazole rings is 1. The van der Waals surface area contributed by atoms with E-state index in [1.54, 1.807) is 24.3 Å². The van der Waals surface area contributed by atoms with Gasteiger partial charge in [0, 0.05) is 6.42 Å². The van der Waals surface area contributed by atoms with Crippen molar-refractivity contribution in [3.63, 3.8) is 0 Å². The molecule has 0 saturated heterocycles. The number of benzene rings is 2. The summed E-state index contributed by atoms with van der Waals surface area (Å²) in [4.78, 5) is 16.0. The maximum Gasteiger partial charge on any atom is 0.337 e. The molecule has 1 heterocycles.